The minimum atomic E-state index is -3.73. The Morgan fingerprint density at radius 1 is 1.14 bits per heavy atom. The highest BCUT2D eigenvalue weighted by Gasteiger charge is 2.28. The highest BCUT2D eigenvalue weighted by Crippen LogP contribution is 2.29. The quantitative estimate of drug-likeness (QED) is 0.853. The van der Waals surface area contributed by atoms with Crippen LogP contribution in [0.4, 0.5) is 0 Å². The summed E-state index contributed by atoms with van der Waals surface area (Å²) in [6, 6.07) is 5.71. The number of benzene rings is 1. The molecule has 0 aromatic heterocycles. The standard InChI is InChI=1S/C15H24N2O3S/c1-12(2)14-6-5-13(3)11-15(14)20-21(18,19)17-9-7-16(4)8-10-17/h5-6,11-12H,7-10H2,1-4H3. The largest absolute Gasteiger partial charge is 0.385 e. The fraction of sp³-hybridized carbons (Fsp3) is 0.600. The van der Waals surface area contributed by atoms with E-state index >= 15 is 0 Å². The van der Waals surface area contributed by atoms with Crippen molar-refractivity contribution in [3.8, 4) is 5.75 Å². The molecule has 0 amide bonds. The molecule has 0 unspecified atom stereocenters. The van der Waals surface area contributed by atoms with E-state index in [0.29, 0.717) is 18.8 Å². The SMILES string of the molecule is Cc1ccc(C(C)C)c(OS(=O)(=O)N2CCN(C)CC2)c1. The Hall–Kier alpha value is -1.11. The third-order valence-electron chi connectivity index (χ3n) is 3.76. The van der Waals surface area contributed by atoms with E-state index in [2.05, 4.69) is 4.90 Å². The Labute approximate surface area is 127 Å². The Kier molecular flexibility index (Phi) is 4.91. The third kappa shape index (κ3) is 3.96. The van der Waals surface area contributed by atoms with E-state index in [1.54, 1.807) is 6.07 Å². The van der Waals surface area contributed by atoms with Crippen molar-refractivity contribution in [2.75, 3.05) is 33.2 Å². The first-order valence-corrected chi connectivity index (χ1v) is 8.65. The van der Waals surface area contributed by atoms with Gasteiger partial charge in [0.2, 0.25) is 0 Å². The van der Waals surface area contributed by atoms with Crippen molar-refractivity contribution < 1.29 is 12.6 Å². The summed E-state index contributed by atoms with van der Waals surface area (Å²) in [6.45, 7) is 8.39. The first kappa shape index (κ1) is 16.3. The molecule has 0 spiro atoms. The molecule has 0 saturated carbocycles. The van der Waals surface area contributed by atoms with E-state index in [1.807, 2.05) is 40.0 Å². The second-order valence-electron chi connectivity index (χ2n) is 5.94. The van der Waals surface area contributed by atoms with Crippen molar-refractivity contribution in [1.29, 1.82) is 0 Å². The van der Waals surface area contributed by atoms with Crippen LogP contribution < -0.4 is 4.18 Å². The zero-order valence-electron chi connectivity index (χ0n) is 13.2. The molecule has 21 heavy (non-hydrogen) atoms. The summed E-state index contributed by atoms with van der Waals surface area (Å²) in [4.78, 5) is 2.11. The summed E-state index contributed by atoms with van der Waals surface area (Å²) >= 11 is 0. The van der Waals surface area contributed by atoms with E-state index in [4.69, 9.17) is 4.18 Å². The monoisotopic (exact) mass is 312 g/mol. The van der Waals surface area contributed by atoms with Gasteiger partial charge in [0.1, 0.15) is 5.75 Å². The predicted octanol–water partition coefficient (Wildman–Crippen LogP) is 1.99. The molecule has 5 nitrogen and oxygen atoms in total. The van der Waals surface area contributed by atoms with Gasteiger partial charge >= 0.3 is 10.3 Å². The van der Waals surface area contributed by atoms with E-state index in [9.17, 15) is 8.42 Å². The topological polar surface area (TPSA) is 49.9 Å². The summed E-state index contributed by atoms with van der Waals surface area (Å²) in [6.07, 6.45) is 0. The molecule has 1 fully saturated rings. The molecule has 1 aromatic rings. The second-order valence-corrected chi connectivity index (χ2v) is 7.48. The lowest BCUT2D eigenvalue weighted by Gasteiger charge is -2.31. The van der Waals surface area contributed by atoms with Gasteiger partial charge in [0, 0.05) is 26.2 Å². The van der Waals surface area contributed by atoms with E-state index < -0.39 is 10.3 Å². The van der Waals surface area contributed by atoms with Gasteiger partial charge in [-0.3, -0.25) is 0 Å². The van der Waals surface area contributed by atoms with Gasteiger partial charge in [-0.25, -0.2) is 0 Å². The molecule has 118 valence electrons. The Balaban J connectivity index is 2.22. The van der Waals surface area contributed by atoms with Gasteiger partial charge in [0.25, 0.3) is 0 Å². The molecule has 2 rings (SSSR count). The molecule has 6 heteroatoms. The lowest BCUT2D eigenvalue weighted by Crippen LogP contribution is -2.48. The summed E-state index contributed by atoms with van der Waals surface area (Å²) in [5.74, 6) is 0.659. The fourth-order valence-electron chi connectivity index (χ4n) is 2.37. The van der Waals surface area contributed by atoms with Crippen LogP contribution in [-0.2, 0) is 10.3 Å². The van der Waals surface area contributed by atoms with Gasteiger partial charge in [0.15, 0.2) is 0 Å². The smallest absolute Gasteiger partial charge is 0.370 e. The minimum absolute atomic E-state index is 0.211. The molecule has 0 aliphatic carbocycles. The summed E-state index contributed by atoms with van der Waals surface area (Å²) in [5, 5.41) is 0. The van der Waals surface area contributed by atoms with Crippen LogP contribution in [-0.4, -0.2) is 50.8 Å². The van der Waals surface area contributed by atoms with Crippen LogP contribution >= 0.6 is 0 Å². The average molecular weight is 312 g/mol. The van der Waals surface area contributed by atoms with Crippen LogP contribution in [0.3, 0.4) is 0 Å². The van der Waals surface area contributed by atoms with Crippen molar-refractivity contribution in [2.45, 2.75) is 26.7 Å². The molecular weight excluding hydrogens is 288 g/mol. The zero-order valence-corrected chi connectivity index (χ0v) is 14.0. The maximum atomic E-state index is 12.4. The molecule has 1 aliphatic heterocycles. The lowest BCUT2D eigenvalue weighted by atomic mass is 10.0. The van der Waals surface area contributed by atoms with Crippen LogP contribution in [0.1, 0.15) is 30.9 Å². The molecule has 0 atom stereocenters. The van der Waals surface area contributed by atoms with Gasteiger partial charge in [-0.1, -0.05) is 26.0 Å². The zero-order chi connectivity index (χ0) is 15.6. The van der Waals surface area contributed by atoms with Crippen LogP contribution in [0.15, 0.2) is 18.2 Å². The maximum Gasteiger partial charge on any atom is 0.385 e. The van der Waals surface area contributed by atoms with Crippen molar-refractivity contribution in [1.82, 2.24) is 9.21 Å². The van der Waals surface area contributed by atoms with Gasteiger partial charge in [-0.2, -0.15) is 12.7 Å². The molecule has 0 bridgehead atoms. The molecular formula is C15H24N2O3S. The summed E-state index contributed by atoms with van der Waals surface area (Å²) in [7, 11) is -1.74. The minimum Gasteiger partial charge on any atom is -0.370 e. The number of rotatable bonds is 4. The fourth-order valence-corrected chi connectivity index (χ4v) is 3.46. The van der Waals surface area contributed by atoms with E-state index in [1.165, 1.54) is 4.31 Å². The van der Waals surface area contributed by atoms with Gasteiger partial charge in [-0.15, -0.1) is 0 Å². The number of likely N-dealkylation sites (N-methyl/N-ethyl adjacent to an activating group) is 1. The van der Waals surface area contributed by atoms with E-state index in [-0.39, 0.29) is 5.92 Å². The van der Waals surface area contributed by atoms with Crippen LogP contribution in [0, 0.1) is 6.92 Å². The van der Waals surface area contributed by atoms with E-state index in [0.717, 1.165) is 24.2 Å². The number of hydrogen-bond donors (Lipinski definition) is 0. The average Bonchev–Trinajstić information content (AvgIpc) is 2.38. The maximum absolute atomic E-state index is 12.4. The molecule has 0 N–H and O–H groups in total. The Morgan fingerprint density at radius 3 is 2.33 bits per heavy atom. The third-order valence-corrected chi connectivity index (χ3v) is 5.15. The van der Waals surface area contributed by atoms with Crippen molar-refractivity contribution in [3.05, 3.63) is 29.3 Å². The molecule has 1 heterocycles. The van der Waals surface area contributed by atoms with Crippen molar-refractivity contribution >= 4 is 10.3 Å². The summed E-state index contributed by atoms with van der Waals surface area (Å²) < 4.78 is 31.7. The summed E-state index contributed by atoms with van der Waals surface area (Å²) in [5.41, 5.74) is 1.90. The number of nitrogens with zero attached hydrogens (tertiary/aromatic N) is 2. The van der Waals surface area contributed by atoms with Crippen LogP contribution in [0.25, 0.3) is 0 Å². The molecule has 1 aliphatic rings. The van der Waals surface area contributed by atoms with Crippen LogP contribution in [0.2, 0.25) is 0 Å². The number of hydrogen-bond acceptors (Lipinski definition) is 4. The molecule has 1 aromatic carbocycles. The normalized spacial score (nSPS) is 18.1. The van der Waals surface area contributed by atoms with Gasteiger partial charge < -0.3 is 9.08 Å². The van der Waals surface area contributed by atoms with Crippen molar-refractivity contribution in [3.63, 3.8) is 0 Å². The van der Waals surface area contributed by atoms with Gasteiger partial charge in [-0.05, 0) is 37.1 Å². The van der Waals surface area contributed by atoms with Gasteiger partial charge in [0.05, 0.1) is 0 Å². The molecule has 0 radical (unpaired) electrons. The second kappa shape index (κ2) is 6.34. The highest BCUT2D eigenvalue weighted by atomic mass is 32.2. The lowest BCUT2D eigenvalue weighted by molar-refractivity contribution is 0.212. The first-order valence-electron chi connectivity index (χ1n) is 7.28. The number of aryl methyl sites for hydroxylation is 1. The number of piperazine rings is 1. The van der Waals surface area contributed by atoms with Crippen LogP contribution in [0.5, 0.6) is 5.75 Å². The van der Waals surface area contributed by atoms with Crippen molar-refractivity contribution in [2.24, 2.45) is 0 Å². The Bertz CT molecular complexity index is 591. The predicted molar refractivity (Wildman–Crippen MR) is 83.9 cm³/mol. The molecule has 1 saturated heterocycles. The first-order chi connectivity index (χ1) is 9.79. The Morgan fingerprint density at radius 2 is 1.76 bits per heavy atom. The highest BCUT2D eigenvalue weighted by molar-refractivity contribution is 7.84.